The fraction of sp³-hybridized carbons (Fsp3) is 0.588. The van der Waals surface area contributed by atoms with Crippen molar-refractivity contribution >= 4 is 5.91 Å². The highest BCUT2D eigenvalue weighted by molar-refractivity contribution is 5.94. The van der Waals surface area contributed by atoms with Gasteiger partial charge < -0.3 is 10.0 Å². The van der Waals surface area contributed by atoms with Gasteiger partial charge in [0.1, 0.15) is 0 Å². The summed E-state index contributed by atoms with van der Waals surface area (Å²) in [6, 6.07) is 8.54. The van der Waals surface area contributed by atoms with E-state index < -0.39 is 0 Å². The molecule has 2 rings (SSSR count). The lowest BCUT2D eigenvalue weighted by atomic mass is 9.96. The molecule has 4 nitrogen and oxygen atoms in total. The summed E-state index contributed by atoms with van der Waals surface area (Å²) in [5, 5.41) is 9.57. The number of aliphatic hydroxyl groups excluding tert-OH is 1. The number of aliphatic hydroxyl groups is 1. The number of benzene rings is 1. The third-order valence-electron chi connectivity index (χ3n) is 4.35. The molecule has 0 spiro atoms. The minimum Gasteiger partial charge on any atom is -0.395 e. The maximum absolute atomic E-state index is 12.0. The van der Waals surface area contributed by atoms with Crippen LogP contribution in [0.25, 0.3) is 0 Å². The van der Waals surface area contributed by atoms with Crippen LogP contribution in [-0.4, -0.2) is 53.6 Å². The monoisotopic (exact) mass is 290 g/mol. The summed E-state index contributed by atoms with van der Waals surface area (Å²) in [4.78, 5) is 16.0. The molecule has 0 bridgehead atoms. The van der Waals surface area contributed by atoms with Crippen LogP contribution in [0.4, 0.5) is 0 Å². The van der Waals surface area contributed by atoms with E-state index in [1.165, 1.54) is 12.8 Å². The average Bonchev–Trinajstić information content (AvgIpc) is 2.48. The molecule has 1 N–H and O–H groups in total. The minimum absolute atomic E-state index is 0.0299. The molecule has 1 aromatic carbocycles. The van der Waals surface area contributed by atoms with E-state index in [1.54, 1.807) is 19.0 Å². The van der Waals surface area contributed by atoms with Gasteiger partial charge in [0.05, 0.1) is 6.61 Å². The molecule has 0 unspecified atom stereocenters. The number of carbonyl (C=O) groups excluding carboxylic acids is 1. The highest BCUT2D eigenvalue weighted by Crippen LogP contribution is 2.25. The number of nitrogens with zero attached hydrogens (tertiary/aromatic N) is 2. The van der Waals surface area contributed by atoms with E-state index >= 15 is 0 Å². The van der Waals surface area contributed by atoms with Gasteiger partial charge in [-0.3, -0.25) is 9.69 Å². The van der Waals surface area contributed by atoms with E-state index in [0.717, 1.165) is 24.1 Å². The predicted octanol–water partition coefficient (Wildman–Crippen LogP) is 2.12. The highest BCUT2D eigenvalue weighted by atomic mass is 16.3. The quantitative estimate of drug-likeness (QED) is 0.924. The summed E-state index contributed by atoms with van der Waals surface area (Å²) >= 11 is 0. The van der Waals surface area contributed by atoms with Crippen molar-refractivity contribution in [3.63, 3.8) is 0 Å². The van der Waals surface area contributed by atoms with Crippen molar-refractivity contribution in [1.29, 1.82) is 0 Å². The molecule has 116 valence electrons. The Morgan fingerprint density at radius 1 is 1.38 bits per heavy atom. The molecule has 21 heavy (non-hydrogen) atoms. The predicted molar refractivity (Wildman–Crippen MR) is 84.2 cm³/mol. The van der Waals surface area contributed by atoms with Gasteiger partial charge in [0.25, 0.3) is 5.91 Å². The van der Waals surface area contributed by atoms with Gasteiger partial charge in [-0.25, -0.2) is 0 Å². The zero-order valence-electron chi connectivity index (χ0n) is 13.2. The van der Waals surface area contributed by atoms with Crippen LogP contribution in [-0.2, 0) is 6.54 Å². The third kappa shape index (κ3) is 3.83. The first kappa shape index (κ1) is 16.0. The van der Waals surface area contributed by atoms with Crippen molar-refractivity contribution in [3.8, 4) is 0 Å². The summed E-state index contributed by atoms with van der Waals surface area (Å²) in [6.45, 7) is 3.22. The zero-order valence-corrected chi connectivity index (χ0v) is 13.2. The molecule has 0 aliphatic carbocycles. The summed E-state index contributed by atoms with van der Waals surface area (Å²) in [7, 11) is 3.53. The lowest BCUT2D eigenvalue weighted by Gasteiger charge is -2.40. The summed E-state index contributed by atoms with van der Waals surface area (Å²) in [5.74, 6) is 0.0299. The van der Waals surface area contributed by atoms with Crippen LogP contribution in [0.15, 0.2) is 24.3 Å². The smallest absolute Gasteiger partial charge is 0.253 e. The van der Waals surface area contributed by atoms with E-state index in [0.29, 0.717) is 6.04 Å². The topological polar surface area (TPSA) is 43.8 Å². The number of amides is 1. The maximum Gasteiger partial charge on any atom is 0.253 e. The van der Waals surface area contributed by atoms with Crippen LogP contribution >= 0.6 is 0 Å². The number of likely N-dealkylation sites (tertiary alicyclic amines) is 1. The van der Waals surface area contributed by atoms with E-state index in [-0.39, 0.29) is 18.6 Å². The highest BCUT2D eigenvalue weighted by Gasteiger charge is 2.27. The van der Waals surface area contributed by atoms with Crippen LogP contribution < -0.4 is 0 Å². The Labute approximate surface area is 127 Å². The van der Waals surface area contributed by atoms with Gasteiger partial charge in [-0.05, 0) is 37.5 Å². The Bertz CT molecular complexity index is 487. The SMILES string of the molecule is C[C@@H]1CCC[C@@H](CO)N1Cc1cccc(C(=O)N(C)C)c1. The Hall–Kier alpha value is -1.39. The normalized spacial score (nSPS) is 23.0. The van der Waals surface area contributed by atoms with E-state index in [1.807, 2.05) is 18.2 Å². The van der Waals surface area contributed by atoms with Crippen LogP contribution in [0.3, 0.4) is 0 Å². The second kappa shape index (κ2) is 7.05. The van der Waals surface area contributed by atoms with Gasteiger partial charge in [0, 0.05) is 38.3 Å². The molecular formula is C17H26N2O2. The lowest BCUT2D eigenvalue weighted by Crippen LogP contribution is -2.46. The second-order valence-electron chi connectivity index (χ2n) is 6.19. The van der Waals surface area contributed by atoms with Gasteiger partial charge in [-0.2, -0.15) is 0 Å². The van der Waals surface area contributed by atoms with E-state index in [2.05, 4.69) is 17.9 Å². The molecule has 1 aromatic rings. The van der Waals surface area contributed by atoms with Gasteiger partial charge in [0.15, 0.2) is 0 Å². The Balaban J connectivity index is 2.14. The van der Waals surface area contributed by atoms with Gasteiger partial charge >= 0.3 is 0 Å². The van der Waals surface area contributed by atoms with Crippen molar-refractivity contribution in [1.82, 2.24) is 9.80 Å². The third-order valence-corrected chi connectivity index (χ3v) is 4.35. The first-order chi connectivity index (χ1) is 10.0. The largest absolute Gasteiger partial charge is 0.395 e. The van der Waals surface area contributed by atoms with Crippen molar-refractivity contribution in [2.24, 2.45) is 0 Å². The molecule has 2 atom stereocenters. The number of rotatable bonds is 4. The zero-order chi connectivity index (χ0) is 15.4. The first-order valence-electron chi connectivity index (χ1n) is 7.70. The molecule has 1 aliphatic rings. The van der Waals surface area contributed by atoms with Crippen LogP contribution in [0.2, 0.25) is 0 Å². The van der Waals surface area contributed by atoms with Crippen molar-refractivity contribution in [3.05, 3.63) is 35.4 Å². The van der Waals surface area contributed by atoms with Crippen LogP contribution in [0.1, 0.15) is 42.1 Å². The molecule has 0 aromatic heterocycles. The number of carbonyl (C=O) groups is 1. The average molecular weight is 290 g/mol. The van der Waals surface area contributed by atoms with Gasteiger partial charge in [-0.15, -0.1) is 0 Å². The molecule has 1 amide bonds. The van der Waals surface area contributed by atoms with Crippen molar-refractivity contribution in [2.75, 3.05) is 20.7 Å². The van der Waals surface area contributed by atoms with E-state index in [4.69, 9.17) is 0 Å². The fourth-order valence-corrected chi connectivity index (χ4v) is 3.09. The molecule has 0 radical (unpaired) electrons. The van der Waals surface area contributed by atoms with Crippen LogP contribution in [0, 0.1) is 0 Å². The van der Waals surface area contributed by atoms with E-state index in [9.17, 15) is 9.90 Å². The molecule has 1 aliphatic heterocycles. The number of hydrogen-bond acceptors (Lipinski definition) is 3. The fourth-order valence-electron chi connectivity index (χ4n) is 3.09. The van der Waals surface area contributed by atoms with Crippen molar-refractivity contribution in [2.45, 2.75) is 44.8 Å². The lowest BCUT2D eigenvalue weighted by molar-refractivity contribution is 0.0451. The second-order valence-corrected chi connectivity index (χ2v) is 6.19. The standard InChI is InChI=1S/C17H26N2O2/c1-13-6-4-9-16(12-20)19(13)11-14-7-5-8-15(10-14)17(21)18(2)3/h5,7-8,10,13,16,20H,4,6,9,11-12H2,1-3H3/t13-,16+/m1/s1. The first-order valence-corrected chi connectivity index (χ1v) is 7.70. The number of hydrogen-bond donors (Lipinski definition) is 1. The molecule has 4 heteroatoms. The van der Waals surface area contributed by atoms with Gasteiger partial charge in [0.2, 0.25) is 0 Å². The molecule has 1 fully saturated rings. The molecule has 1 saturated heterocycles. The van der Waals surface area contributed by atoms with Gasteiger partial charge in [-0.1, -0.05) is 18.6 Å². The maximum atomic E-state index is 12.0. The molecule has 0 saturated carbocycles. The summed E-state index contributed by atoms with van der Waals surface area (Å²) < 4.78 is 0. The summed E-state index contributed by atoms with van der Waals surface area (Å²) in [5.41, 5.74) is 1.86. The Kier molecular flexibility index (Phi) is 5.37. The van der Waals surface area contributed by atoms with Crippen LogP contribution in [0.5, 0.6) is 0 Å². The number of piperidine rings is 1. The molecule has 1 heterocycles. The minimum atomic E-state index is 0.0299. The van der Waals surface area contributed by atoms with Crippen molar-refractivity contribution < 1.29 is 9.90 Å². The Morgan fingerprint density at radius 2 is 2.14 bits per heavy atom. The molecular weight excluding hydrogens is 264 g/mol. The summed E-state index contributed by atoms with van der Waals surface area (Å²) in [6.07, 6.45) is 3.41. The Morgan fingerprint density at radius 3 is 2.81 bits per heavy atom.